The van der Waals surface area contributed by atoms with Crippen LogP contribution in [0.1, 0.15) is 32.2 Å². The Bertz CT molecular complexity index is 928. The summed E-state index contributed by atoms with van der Waals surface area (Å²) in [6.07, 6.45) is 0. The van der Waals surface area contributed by atoms with Gasteiger partial charge in [0.2, 0.25) is 0 Å². The molecule has 3 rings (SSSR count). The lowest BCUT2D eigenvalue weighted by Crippen LogP contribution is -2.18. The van der Waals surface area contributed by atoms with E-state index in [2.05, 4.69) is 10.6 Å². The molecule has 2 amide bonds. The Morgan fingerprint density at radius 2 is 1.64 bits per heavy atom. The average Bonchev–Trinajstić information content (AvgIpc) is 3.02. The van der Waals surface area contributed by atoms with Gasteiger partial charge in [0.05, 0.1) is 11.3 Å². The summed E-state index contributed by atoms with van der Waals surface area (Å²) >= 11 is 0. The van der Waals surface area contributed by atoms with Crippen LogP contribution >= 0.6 is 0 Å². The number of hydrogen-bond acceptors (Lipinski definition) is 3. The molecule has 0 aliphatic rings. The van der Waals surface area contributed by atoms with Gasteiger partial charge in [-0.1, -0.05) is 24.3 Å². The minimum Gasteiger partial charge on any atom is -0.456 e. The molecular weight excluding hydrogens is 316 g/mol. The predicted octanol–water partition coefficient (Wildman–Crippen LogP) is 4.40. The highest BCUT2D eigenvalue weighted by Gasteiger charge is 2.16. The minimum absolute atomic E-state index is 0.200. The van der Waals surface area contributed by atoms with Gasteiger partial charge in [-0.25, -0.2) is 0 Å². The molecule has 0 bridgehead atoms. The number of carbonyl (C=O) groups excluding carboxylic acids is 2. The molecule has 0 aliphatic heterocycles. The summed E-state index contributed by atoms with van der Waals surface area (Å²) in [5, 5.41) is 5.57. The Morgan fingerprint density at radius 3 is 2.36 bits per heavy atom. The van der Waals surface area contributed by atoms with Gasteiger partial charge in [0.25, 0.3) is 11.8 Å². The molecule has 1 heterocycles. The molecule has 1 aromatic heterocycles. The Kier molecular flexibility index (Phi) is 4.66. The van der Waals surface area contributed by atoms with Crippen LogP contribution in [-0.2, 0) is 0 Å². The zero-order valence-electron chi connectivity index (χ0n) is 14.0. The van der Waals surface area contributed by atoms with Gasteiger partial charge >= 0.3 is 0 Å². The summed E-state index contributed by atoms with van der Waals surface area (Å²) in [5.41, 5.74) is 2.55. The van der Waals surface area contributed by atoms with Crippen LogP contribution in [-0.4, -0.2) is 11.8 Å². The van der Waals surface area contributed by atoms with Gasteiger partial charge in [0.1, 0.15) is 5.76 Å². The zero-order chi connectivity index (χ0) is 17.8. The second-order valence-corrected chi connectivity index (χ2v) is 5.73. The number of amides is 2. The van der Waals surface area contributed by atoms with Gasteiger partial charge < -0.3 is 15.1 Å². The van der Waals surface area contributed by atoms with E-state index in [1.807, 2.05) is 31.2 Å². The summed E-state index contributed by atoms with van der Waals surface area (Å²) in [4.78, 5) is 24.9. The molecule has 126 valence electrons. The van der Waals surface area contributed by atoms with Crippen molar-refractivity contribution in [2.24, 2.45) is 0 Å². The summed E-state index contributed by atoms with van der Waals surface area (Å²) in [6.45, 7) is 3.72. The molecule has 2 aromatic carbocycles. The van der Waals surface area contributed by atoms with Crippen LogP contribution in [0.4, 0.5) is 11.4 Å². The lowest BCUT2D eigenvalue weighted by molar-refractivity contribution is 0.0995. The van der Waals surface area contributed by atoms with E-state index in [0.29, 0.717) is 22.7 Å². The standard InChI is InChI=1S/C20H18N2O3/c1-13-6-5-7-15(12-13)21-19(23)16-8-3-4-9-17(16)22-20(24)18-11-10-14(2)25-18/h3-12H,1-2H3,(H,21,23)(H,22,24). The molecular formula is C20H18N2O3. The molecule has 2 N–H and O–H groups in total. The van der Waals surface area contributed by atoms with Crippen LogP contribution in [0.5, 0.6) is 0 Å². The minimum atomic E-state index is -0.399. The van der Waals surface area contributed by atoms with Crippen LogP contribution in [0.2, 0.25) is 0 Å². The number of furan rings is 1. The first-order chi connectivity index (χ1) is 12.0. The van der Waals surface area contributed by atoms with E-state index in [9.17, 15) is 9.59 Å². The molecule has 3 aromatic rings. The summed E-state index contributed by atoms with van der Waals surface area (Å²) in [7, 11) is 0. The normalized spacial score (nSPS) is 10.3. The Hall–Kier alpha value is -3.34. The quantitative estimate of drug-likeness (QED) is 0.743. The van der Waals surface area contributed by atoms with Crippen molar-refractivity contribution < 1.29 is 14.0 Å². The van der Waals surface area contributed by atoms with Gasteiger partial charge in [-0.3, -0.25) is 9.59 Å². The van der Waals surface area contributed by atoms with E-state index in [1.54, 1.807) is 43.3 Å². The van der Waals surface area contributed by atoms with E-state index < -0.39 is 5.91 Å². The van der Waals surface area contributed by atoms with E-state index in [-0.39, 0.29) is 11.7 Å². The molecule has 25 heavy (non-hydrogen) atoms. The molecule has 0 fully saturated rings. The third kappa shape index (κ3) is 3.95. The van der Waals surface area contributed by atoms with Gasteiger partial charge in [-0.2, -0.15) is 0 Å². The maximum absolute atomic E-state index is 12.6. The van der Waals surface area contributed by atoms with Crippen molar-refractivity contribution >= 4 is 23.2 Å². The number of para-hydroxylation sites is 1. The second kappa shape index (κ2) is 7.05. The molecule has 5 nitrogen and oxygen atoms in total. The summed E-state index contributed by atoms with van der Waals surface area (Å²) in [6, 6.07) is 17.7. The highest BCUT2D eigenvalue weighted by molar-refractivity contribution is 6.11. The first-order valence-electron chi connectivity index (χ1n) is 7.88. The molecule has 0 spiro atoms. The van der Waals surface area contributed by atoms with Gasteiger partial charge in [-0.05, 0) is 55.8 Å². The van der Waals surface area contributed by atoms with E-state index in [4.69, 9.17) is 4.42 Å². The Balaban J connectivity index is 1.80. The van der Waals surface area contributed by atoms with E-state index >= 15 is 0 Å². The third-order valence-corrected chi connectivity index (χ3v) is 3.66. The lowest BCUT2D eigenvalue weighted by atomic mass is 10.1. The molecule has 0 radical (unpaired) electrons. The number of carbonyl (C=O) groups is 2. The van der Waals surface area contributed by atoms with Crippen molar-refractivity contribution in [3.05, 3.63) is 83.3 Å². The fourth-order valence-electron chi connectivity index (χ4n) is 2.45. The number of rotatable bonds is 4. The zero-order valence-corrected chi connectivity index (χ0v) is 14.0. The molecule has 5 heteroatoms. The van der Waals surface area contributed by atoms with Gasteiger partial charge in [0.15, 0.2) is 5.76 Å². The SMILES string of the molecule is Cc1cccc(NC(=O)c2ccccc2NC(=O)c2ccc(C)o2)c1. The van der Waals surface area contributed by atoms with E-state index in [1.165, 1.54) is 0 Å². The number of hydrogen-bond donors (Lipinski definition) is 2. The van der Waals surface area contributed by atoms with Crippen molar-refractivity contribution in [2.75, 3.05) is 10.6 Å². The highest BCUT2D eigenvalue weighted by Crippen LogP contribution is 2.19. The van der Waals surface area contributed by atoms with Crippen molar-refractivity contribution in [2.45, 2.75) is 13.8 Å². The molecule has 0 unspecified atom stereocenters. The fraction of sp³-hybridized carbons (Fsp3) is 0.100. The number of benzene rings is 2. The molecule has 0 atom stereocenters. The van der Waals surface area contributed by atoms with Crippen LogP contribution in [0, 0.1) is 13.8 Å². The van der Waals surface area contributed by atoms with Crippen molar-refractivity contribution in [1.82, 2.24) is 0 Å². The van der Waals surface area contributed by atoms with Crippen molar-refractivity contribution in [3.63, 3.8) is 0 Å². The maximum atomic E-state index is 12.6. The van der Waals surface area contributed by atoms with Crippen LogP contribution in [0.3, 0.4) is 0 Å². The largest absolute Gasteiger partial charge is 0.456 e. The number of anilines is 2. The Morgan fingerprint density at radius 1 is 0.840 bits per heavy atom. The number of nitrogens with one attached hydrogen (secondary N) is 2. The second-order valence-electron chi connectivity index (χ2n) is 5.73. The first-order valence-corrected chi connectivity index (χ1v) is 7.88. The van der Waals surface area contributed by atoms with Crippen LogP contribution < -0.4 is 10.6 Å². The predicted molar refractivity (Wildman–Crippen MR) is 97.0 cm³/mol. The molecule has 0 saturated carbocycles. The smallest absolute Gasteiger partial charge is 0.291 e. The highest BCUT2D eigenvalue weighted by atomic mass is 16.3. The van der Waals surface area contributed by atoms with Crippen molar-refractivity contribution in [3.8, 4) is 0 Å². The average molecular weight is 334 g/mol. The van der Waals surface area contributed by atoms with Crippen LogP contribution in [0.15, 0.2) is 65.1 Å². The topological polar surface area (TPSA) is 71.3 Å². The van der Waals surface area contributed by atoms with Crippen LogP contribution in [0.25, 0.3) is 0 Å². The monoisotopic (exact) mass is 334 g/mol. The van der Waals surface area contributed by atoms with E-state index in [0.717, 1.165) is 5.56 Å². The first kappa shape index (κ1) is 16.5. The van der Waals surface area contributed by atoms with Gasteiger partial charge in [0, 0.05) is 5.69 Å². The summed E-state index contributed by atoms with van der Waals surface area (Å²) < 4.78 is 5.31. The van der Waals surface area contributed by atoms with Gasteiger partial charge in [-0.15, -0.1) is 0 Å². The Labute approximate surface area is 145 Å². The molecule has 0 aliphatic carbocycles. The molecule has 0 saturated heterocycles. The summed E-state index contributed by atoms with van der Waals surface area (Å²) in [5.74, 6) is 0.156. The fourth-order valence-corrected chi connectivity index (χ4v) is 2.45. The third-order valence-electron chi connectivity index (χ3n) is 3.66. The lowest BCUT2D eigenvalue weighted by Gasteiger charge is -2.11. The maximum Gasteiger partial charge on any atom is 0.291 e. The number of aryl methyl sites for hydroxylation is 2. The van der Waals surface area contributed by atoms with Crippen molar-refractivity contribution in [1.29, 1.82) is 0 Å².